The lowest BCUT2D eigenvalue weighted by molar-refractivity contribution is -0.137. The Hall–Kier alpha value is -2.58. The van der Waals surface area contributed by atoms with Crippen molar-refractivity contribution in [3.8, 4) is 10.6 Å². The topological polar surface area (TPSA) is 62.5 Å². The lowest BCUT2D eigenvalue weighted by atomic mass is 10.1. The van der Waals surface area contributed by atoms with Crippen LogP contribution in [0.4, 0.5) is 13.2 Å². The van der Waals surface area contributed by atoms with Crippen LogP contribution >= 0.6 is 11.3 Å². The normalized spacial score (nSPS) is 12.8. The van der Waals surface area contributed by atoms with Crippen LogP contribution in [0, 0.1) is 0 Å². The van der Waals surface area contributed by atoms with E-state index in [4.69, 9.17) is 4.42 Å². The molecule has 1 unspecified atom stereocenters. The summed E-state index contributed by atoms with van der Waals surface area (Å²) in [5.41, 5.74) is -1.52. The van der Waals surface area contributed by atoms with Gasteiger partial charge in [0.2, 0.25) is 0 Å². The third-order valence-electron chi connectivity index (χ3n) is 3.65. The number of carbonyl (C=O) groups is 1. The number of amides is 1. The van der Waals surface area contributed by atoms with E-state index in [-0.39, 0.29) is 12.3 Å². The van der Waals surface area contributed by atoms with E-state index in [9.17, 15) is 23.1 Å². The number of alkyl halides is 3. The Morgan fingerprint density at radius 1 is 1.15 bits per heavy atom. The first-order valence-electron chi connectivity index (χ1n) is 7.62. The first-order valence-corrected chi connectivity index (χ1v) is 8.50. The molecule has 0 radical (unpaired) electrons. The van der Waals surface area contributed by atoms with Gasteiger partial charge < -0.3 is 14.8 Å². The van der Waals surface area contributed by atoms with E-state index < -0.39 is 29.3 Å². The summed E-state index contributed by atoms with van der Waals surface area (Å²) in [6, 6.07) is 11.5. The van der Waals surface area contributed by atoms with Gasteiger partial charge in [0, 0.05) is 0 Å². The maximum Gasteiger partial charge on any atom is 0.417 e. The zero-order valence-electron chi connectivity index (χ0n) is 13.3. The van der Waals surface area contributed by atoms with Crippen molar-refractivity contribution < 1.29 is 27.5 Å². The minimum absolute atomic E-state index is 0.220. The van der Waals surface area contributed by atoms with Gasteiger partial charge in [0.25, 0.3) is 5.91 Å². The molecule has 0 aliphatic heterocycles. The van der Waals surface area contributed by atoms with Crippen molar-refractivity contribution in [3.63, 3.8) is 0 Å². The number of aliphatic hydroxyl groups is 1. The standard InChI is InChI=1S/C18H14F3NO3S/c19-18(20,21)12-5-2-1-4-11(12)17(24)22-10-13(23)14-7-8-15(25-14)16-6-3-9-26-16/h1-9,13,23H,10H2,(H,22,24). The molecule has 1 atom stereocenters. The summed E-state index contributed by atoms with van der Waals surface area (Å²) in [6.07, 6.45) is -5.81. The van der Waals surface area contributed by atoms with Gasteiger partial charge >= 0.3 is 6.18 Å². The van der Waals surface area contributed by atoms with E-state index in [0.29, 0.717) is 5.76 Å². The van der Waals surface area contributed by atoms with Crippen molar-refractivity contribution >= 4 is 17.2 Å². The number of nitrogens with one attached hydrogen (secondary N) is 1. The monoisotopic (exact) mass is 381 g/mol. The largest absolute Gasteiger partial charge is 0.457 e. The Kier molecular flexibility index (Phi) is 5.15. The molecule has 0 bridgehead atoms. The molecule has 2 N–H and O–H groups in total. The number of carbonyl (C=O) groups excluding carboxylic acids is 1. The maximum absolute atomic E-state index is 13.0. The van der Waals surface area contributed by atoms with Crippen LogP contribution in [-0.4, -0.2) is 17.6 Å². The summed E-state index contributed by atoms with van der Waals surface area (Å²) in [6.45, 7) is -0.275. The van der Waals surface area contributed by atoms with Gasteiger partial charge in [-0.15, -0.1) is 11.3 Å². The minimum Gasteiger partial charge on any atom is -0.457 e. The molecule has 1 aromatic carbocycles. The molecule has 2 aromatic heterocycles. The van der Waals surface area contributed by atoms with E-state index in [1.807, 2.05) is 17.5 Å². The third-order valence-corrected chi connectivity index (χ3v) is 4.54. The second-order valence-corrected chi connectivity index (χ2v) is 6.40. The number of hydrogen-bond donors (Lipinski definition) is 2. The number of hydrogen-bond acceptors (Lipinski definition) is 4. The van der Waals surface area contributed by atoms with E-state index in [1.165, 1.54) is 23.5 Å². The fourth-order valence-electron chi connectivity index (χ4n) is 2.40. The molecule has 136 valence electrons. The van der Waals surface area contributed by atoms with Crippen molar-refractivity contribution in [2.75, 3.05) is 6.54 Å². The van der Waals surface area contributed by atoms with Crippen molar-refractivity contribution in [1.29, 1.82) is 0 Å². The first kappa shape index (κ1) is 18.2. The highest BCUT2D eigenvalue weighted by Crippen LogP contribution is 2.32. The molecule has 26 heavy (non-hydrogen) atoms. The molecule has 8 heteroatoms. The van der Waals surface area contributed by atoms with E-state index in [0.717, 1.165) is 17.0 Å². The SMILES string of the molecule is O=C(NCC(O)c1ccc(-c2cccs2)o1)c1ccccc1C(F)(F)F. The fourth-order valence-corrected chi connectivity index (χ4v) is 3.08. The van der Waals surface area contributed by atoms with E-state index >= 15 is 0 Å². The molecule has 1 amide bonds. The molecule has 0 aliphatic rings. The number of thiophene rings is 1. The molecule has 2 heterocycles. The summed E-state index contributed by atoms with van der Waals surface area (Å²) < 4.78 is 44.4. The summed E-state index contributed by atoms with van der Waals surface area (Å²) >= 11 is 1.47. The van der Waals surface area contributed by atoms with Crippen LogP contribution in [0.2, 0.25) is 0 Å². The summed E-state index contributed by atoms with van der Waals surface area (Å²) in [7, 11) is 0. The maximum atomic E-state index is 13.0. The van der Waals surface area contributed by atoms with Gasteiger partial charge in [-0.2, -0.15) is 13.2 Å². The molecule has 0 saturated carbocycles. The van der Waals surface area contributed by atoms with Gasteiger partial charge in [0.05, 0.1) is 22.5 Å². The molecule has 3 rings (SSSR count). The molecule has 0 fully saturated rings. The number of furan rings is 1. The number of aliphatic hydroxyl groups excluding tert-OH is 1. The Morgan fingerprint density at radius 3 is 2.62 bits per heavy atom. The lowest BCUT2D eigenvalue weighted by Crippen LogP contribution is -2.30. The highest BCUT2D eigenvalue weighted by atomic mass is 32.1. The van der Waals surface area contributed by atoms with Gasteiger partial charge in [-0.1, -0.05) is 18.2 Å². The first-order chi connectivity index (χ1) is 12.4. The smallest absolute Gasteiger partial charge is 0.417 e. The quantitative estimate of drug-likeness (QED) is 0.685. The summed E-state index contributed by atoms with van der Waals surface area (Å²) in [4.78, 5) is 13.0. The van der Waals surface area contributed by atoms with Gasteiger partial charge in [-0.25, -0.2) is 0 Å². The van der Waals surface area contributed by atoms with Crippen molar-refractivity contribution in [2.24, 2.45) is 0 Å². The van der Waals surface area contributed by atoms with Gasteiger partial charge in [0.1, 0.15) is 17.6 Å². The van der Waals surface area contributed by atoms with Gasteiger partial charge in [-0.3, -0.25) is 4.79 Å². The third kappa shape index (κ3) is 3.97. The van der Waals surface area contributed by atoms with Crippen LogP contribution in [0.25, 0.3) is 10.6 Å². The van der Waals surface area contributed by atoms with Crippen LogP contribution < -0.4 is 5.32 Å². The highest BCUT2D eigenvalue weighted by molar-refractivity contribution is 7.13. The van der Waals surface area contributed by atoms with E-state index in [1.54, 1.807) is 12.1 Å². The van der Waals surface area contributed by atoms with Crippen LogP contribution in [-0.2, 0) is 6.18 Å². The minimum atomic E-state index is -4.64. The predicted octanol–water partition coefficient (Wildman–Crippen LogP) is 4.49. The number of halogens is 3. The molecular formula is C18H14F3NO3S. The van der Waals surface area contributed by atoms with Crippen LogP contribution in [0.1, 0.15) is 27.8 Å². The van der Waals surface area contributed by atoms with Crippen molar-refractivity contribution in [2.45, 2.75) is 12.3 Å². The Morgan fingerprint density at radius 2 is 1.92 bits per heavy atom. The zero-order chi connectivity index (χ0) is 18.7. The second-order valence-electron chi connectivity index (χ2n) is 5.45. The summed E-state index contributed by atoms with van der Waals surface area (Å²) in [5.74, 6) is -0.123. The molecular weight excluding hydrogens is 367 g/mol. The van der Waals surface area contributed by atoms with Crippen molar-refractivity contribution in [3.05, 3.63) is 70.8 Å². The molecule has 0 aliphatic carbocycles. The van der Waals surface area contributed by atoms with Gasteiger partial charge in [-0.05, 0) is 35.7 Å². The fraction of sp³-hybridized carbons (Fsp3) is 0.167. The number of benzene rings is 1. The molecule has 3 aromatic rings. The van der Waals surface area contributed by atoms with Crippen molar-refractivity contribution in [1.82, 2.24) is 5.32 Å². The molecule has 0 spiro atoms. The van der Waals surface area contributed by atoms with E-state index in [2.05, 4.69) is 5.32 Å². The average molecular weight is 381 g/mol. The molecule has 4 nitrogen and oxygen atoms in total. The summed E-state index contributed by atoms with van der Waals surface area (Å²) in [5, 5.41) is 14.3. The average Bonchev–Trinajstić information content (AvgIpc) is 3.29. The second kappa shape index (κ2) is 7.35. The Bertz CT molecular complexity index is 887. The lowest BCUT2D eigenvalue weighted by Gasteiger charge is -2.14. The Balaban J connectivity index is 1.67. The highest BCUT2D eigenvalue weighted by Gasteiger charge is 2.34. The molecule has 0 saturated heterocycles. The number of rotatable bonds is 5. The van der Waals surface area contributed by atoms with Crippen LogP contribution in [0.15, 0.2) is 58.3 Å². The predicted molar refractivity (Wildman–Crippen MR) is 90.8 cm³/mol. The van der Waals surface area contributed by atoms with Crippen LogP contribution in [0.3, 0.4) is 0 Å². The van der Waals surface area contributed by atoms with Crippen LogP contribution in [0.5, 0.6) is 0 Å². The zero-order valence-corrected chi connectivity index (χ0v) is 14.1. The Labute approximate surface area is 150 Å². The van der Waals surface area contributed by atoms with Gasteiger partial charge in [0.15, 0.2) is 0 Å².